The first-order chi connectivity index (χ1) is 9.10. The summed E-state index contributed by atoms with van der Waals surface area (Å²) in [4.78, 5) is 2.27. The van der Waals surface area contributed by atoms with E-state index in [-0.39, 0.29) is 5.46 Å². The summed E-state index contributed by atoms with van der Waals surface area (Å²) in [6, 6.07) is 4.49. The third kappa shape index (κ3) is 3.76. The number of likely N-dealkylation sites (tertiary alicyclic amines) is 1. The zero-order valence-corrected chi connectivity index (χ0v) is 11.1. The molecule has 0 radical (unpaired) electrons. The number of ether oxygens (including phenoxy) is 1. The fraction of sp³-hybridized carbons (Fsp3) is 0.538. The Hall–Kier alpha value is -0.945. The number of rotatable bonds is 5. The molecule has 104 valence electrons. The highest BCUT2D eigenvalue weighted by Gasteiger charge is 2.23. The third-order valence-corrected chi connectivity index (χ3v) is 3.52. The molecule has 0 amide bonds. The topological polar surface area (TPSA) is 52.9 Å². The Kier molecular flexibility index (Phi) is 4.93. The van der Waals surface area contributed by atoms with Crippen molar-refractivity contribution in [2.75, 3.05) is 26.8 Å². The molecule has 1 heterocycles. The molecule has 1 aromatic rings. The summed E-state index contributed by atoms with van der Waals surface area (Å²) in [5, 5.41) is 18.2. The van der Waals surface area contributed by atoms with E-state index in [1.54, 1.807) is 13.2 Å². The summed E-state index contributed by atoms with van der Waals surface area (Å²) in [6.45, 7) is 3.41. The Morgan fingerprint density at radius 1 is 1.47 bits per heavy atom. The summed E-state index contributed by atoms with van der Waals surface area (Å²) < 4.78 is 18.5. The van der Waals surface area contributed by atoms with Crippen LogP contribution < -0.4 is 5.46 Å². The van der Waals surface area contributed by atoms with Crippen molar-refractivity contribution in [3.8, 4) is 0 Å². The van der Waals surface area contributed by atoms with Crippen molar-refractivity contribution in [1.29, 1.82) is 0 Å². The molecule has 1 unspecified atom stereocenters. The van der Waals surface area contributed by atoms with E-state index in [9.17, 15) is 4.39 Å². The molecule has 0 bridgehead atoms. The van der Waals surface area contributed by atoms with Gasteiger partial charge >= 0.3 is 7.12 Å². The van der Waals surface area contributed by atoms with Crippen molar-refractivity contribution < 1.29 is 19.2 Å². The lowest BCUT2D eigenvalue weighted by atomic mass is 9.79. The van der Waals surface area contributed by atoms with Gasteiger partial charge in [-0.15, -0.1) is 0 Å². The van der Waals surface area contributed by atoms with Gasteiger partial charge in [-0.1, -0.05) is 12.1 Å². The zero-order chi connectivity index (χ0) is 13.8. The molecule has 1 aromatic carbocycles. The Bertz CT molecular complexity index is 430. The van der Waals surface area contributed by atoms with Crippen LogP contribution in [0.2, 0.25) is 0 Å². The fourth-order valence-electron chi connectivity index (χ4n) is 2.58. The largest absolute Gasteiger partial charge is 0.491 e. The summed E-state index contributed by atoms with van der Waals surface area (Å²) in [5.41, 5.74) is 0.827. The van der Waals surface area contributed by atoms with Crippen molar-refractivity contribution in [1.82, 2.24) is 4.90 Å². The maximum Gasteiger partial charge on any atom is 0.491 e. The molecule has 0 spiro atoms. The van der Waals surface area contributed by atoms with E-state index in [1.165, 1.54) is 12.1 Å². The lowest BCUT2D eigenvalue weighted by molar-refractivity contribution is 0.152. The van der Waals surface area contributed by atoms with E-state index in [0.717, 1.165) is 31.7 Å². The molecular formula is C13H19BFNO3. The van der Waals surface area contributed by atoms with Gasteiger partial charge in [0.05, 0.1) is 6.61 Å². The molecule has 1 fully saturated rings. The first-order valence-corrected chi connectivity index (χ1v) is 6.46. The van der Waals surface area contributed by atoms with Crippen LogP contribution in [0.5, 0.6) is 0 Å². The van der Waals surface area contributed by atoms with Crippen LogP contribution in [0, 0.1) is 11.7 Å². The predicted molar refractivity (Wildman–Crippen MR) is 71.5 cm³/mol. The van der Waals surface area contributed by atoms with Crippen molar-refractivity contribution in [2.24, 2.45) is 5.92 Å². The molecule has 19 heavy (non-hydrogen) atoms. The SMILES string of the molecule is COCC1CCN(Cc2ccc(F)c(B(O)O)c2)C1. The molecule has 1 aliphatic heterocycles. The van der Waals surface area contributed by atoms with Gasteiger partial charge in [0.1, 0.15) is 5.82 Å². The van der Waals surface area contributed by atoms with Gasteiger partial charge < -0.3 is 14.8 Å². The van der Waals surface area contributed by atoms with E-state index in [1.807, 2.05) is 0 Å². The second-order valence-electron chi connectivity index (χ2n) is 5.07. The van der Waals surface area contributed by atoms with Crippen molar-refractivity contribution >= 4 is 12.6 Å². The van der Waals surface area contributed by atoms with Gasteiger partial charge in [0.25, 0.3) is 0 Å². The minimum atomic E-state index is -1.76. The molecule has 1 atom stereocenters. The van der Waals surface area contributed by atoms with Gasteiger partial charge in [0, 0.05) is 25.7 Å². The van der Waals surface area contributed by atoms with Crippen molar-refractivity contribution in [2.45, 2.75) is 13.0 Å². The average molecular weight is 267 g/mol. The number of nitrogens with zero attached hydrogens (tertiary/aromatic N) is 1. The minimum absolute atomic E-state index is 0.0647. The van der Waals surface area contributed by atoms with E-state index in [2.05, 4.69) is 4.90 Å². The molecule has 1 aliphatic rings. The Morgan fingerprint density at radius 2 is 2.26 bits per heavy atom. The van der Waals surface area contributed by atoms with Crippen LogP contribution >= 0.6 is 0 Å². The maximum atomic E-state index is 13.3. The van der Waals surface area contributed by atoms with Crippen LogP contribution in [-0.4, -0.2) is 48.9 Å². The Labute approximate surface area is 113 Å². The van der Waals surface area contributed by atoms with Gasteiger partial charge in [-0.25, -0.2) is 4.39 Å². The first kappa shape index (κ1) is 14.5. The molecule has 2 N–H and O–H groups in total. The van der Waals surface area contributed by atoms with Crippen LogP contribution in [-0.2, 0) is 11.3 Å². The predicted octanol–water partition coefficient (Wildman–Crippen LogP) is -0.0262. The molecule has 0 saturated carbocycles. The second kappa shape index (κ2) is 6.48. The second-order valence-corrected chi connectivity index (χ2v) is 5.07. The summed E-state index contributed by atoms with van der Waals surface area (Å²) in [5.74, 6) is -0.0363. The van der Waals surface area contributed by atoms with Crippen LogP contribution in [0.15, 0.2) is 18.2 Å². The number of hydrogen-bond acceptors (Lipinski definition) is 4. The quantitative estimate of drug-likeness (QED) is 0.736. The van der Waals surface area contributed by atoms with E-state index in [0.29, 0.717) is 12.5 Å². The van der Waals surface area contributed by atoms with Crippen LogP contribution in [0.1, 0.15) is 12.0 Å². The van der Waals surface area contributed by atoms with Crippen molar-refractivity contribution in [3.05, 3.63) is 29.6 Å². The van der Waals surface area contributed by atoms with E-state index < -0.39 is 12.9 Å². The third-order valence-electron chi connectivity index (χ3n) is 3.52. The van der Waals surface area contributed by atoms with E-state index >= 15 is 0 Å². The fourth-order valence-corrected chi connectivity index (χ4v) is 2.58. The van der Waals surface area contributed by atoms with Crippen LogP contribution in [0.4, 0.5) is 4.39 Å². The first-order valence-electron chi connectivity index (χ1n) is 6.46. The van der Waals surface area contributed by atoms with Gasteiger partial charge in [-0.2, -0.15) is 0 Å². The Balaban J connectivity index is 1.98. The lowest BCUT2D eigenvalue weighted by Crippen LogP contribution is -2.33. The van der Waals surface area contributed by atoms with Gasteiger partial charge in [0.15, 0.2) is 0 Å². The summed E-state index contributed by atoms with van der Waals surface area (Å²) >= 11 is 0. The number of hydrogen-bond donors (Lipinski definition) is 2. The minimum Gasteiger partial charge on any atom is -0.423 e. The summed E-state index contributed by atoms with van der Waals surface area (Å²) in [7, 11) is -0.0582. The number of benzene rings is 1. The van der Waals surface area contributed by atoms with Crippen LogP contribution in [0.3, 0.4) is 0 Å². The zero-order valence-electron chi connectivity index (χ0n) is 11.1. The molecule has 0 aromatic heterocycles. The smallest absolute Gasteiger partial charge is 0.423 e. The molecule has 4 nitrogen and oxygen atoms in total. The molecular weight excluding hydrogens is 248 g/mol. The highest BCUT2D eigenvalue weighted by Crippen LogP contribution is 2.18. The molecule has 1 saturated heterocycles. The number of halogens is 1. The average Bonchev–Trinajstić information content (AvgIpc) is 2.79. The normalized spacial score (nSPS) is 19.9. The molecule has 6 heteroatoms. The lowest BCUT2D eigenvalue weighted by Gasteiger charge is -2.16. The standard InChI is InChI=1S/C13H19BFNO3/c1-19-9-11-4-5-16(8-11)7-10-2-3-13(15)12(6-10)14(17)18/h2-3,6,11,17-18H,4-5,7-9H2,1H3. The highest BCUT2D eigenvalue weighted by atomic mass is 19.1. The molecule has 0 aliphatic carbocycles. The van der Waals surface area contributed by atoms with Crippen LogP contribution in [0.25, 0.3) is 0 Å². The van der Waals surface area contributed by atoms with Gasteiger partial charge in [0.2, 0.25) is 0 Å². The van der Waals surface area contributed by atoms with Crippen molar-refractivity contribution in [3.63, 3.8) is 0 Å². The summed E-state index contributed by atoms with van der Waals surface area (Å²) in [6.07, 6.45) is 1.10. The van der Waals surface area contributed by atoms with Gasteiger partial charge in [-0.3, -0.25) is 4.90 Å². The monoisotopic (exact) mass is 267 g/mol. The number of methoxy groups -OCH3 is 1. The highest BCUT2D eigenvalue weighted by molar-refractivity contribution is 6.58. The van der Waals surface area contributed by atoms with E-state index in [4.69, 9.17) is 14.8 Å². The van der Waals surface area contributed by atoms with Gasteiger partial charge in [-0.05, 0) is 30.5 Å². The maximum absolute atomic E-state index is 13.3. The molecule has 2 rings (SSSR count). The Morgan fingerprint density at radius 3 is 2.95 bits per heavy atom.